The molecule has 1 atom stereocenters. The van der Waals surface area contributed by atoms with Gasteiger partial charge in [-0.3, -0.25) is 4.79 Å². The van der Waals surface area contributed by atoms with Crippen molar-refractivity contribution in [2.45, 2.75) is 19.4 Å². The Hall–Kier alpha value is -3.59. The molecule has 1 N–H and O–H groups in total. The minimum absolute atomic E-state index is 0.0334. The lowest BCUT2D eigenvalue weighted by atomic mass is 9.93. The number of hydrogen-bond acceptors (Lipinski definition) is 7. The smallest absolute Gasteiger partial charge is 0.338 e. The first-order chi connectivity index (χ1) is 15.9. The summed E-state index contributed by atoms with van der Waals surface area (Å²) in [7, 11) is 2.89. The van der Waals surface area contributed by atoms with Crippen molar-refractivity contribution in [3.8, 4) is 5.75 Å². The molecule has 0 aliphatic carbocycles. The van der Waals surface area contributed by atoms with Crippen LogP contribution in [0.2, 0.25) is 0 Å². The van der Waals surface area contributed by atoms with Crippen molar-refractivity contribution in [3.05, 3.63) is 82.3 Å². The Kier molecular flexibility index (Phi) is 6.50. The molecule has 2 aliphatic heterocycles. The van der Waals surface area contributed by atoms with E-state index in [9.17, 15) is 14.0 Å². The summed E-state index contributed by atoms with van der Waals surface area (Å²) in [6, 6.07) is 12.8. The highest BCUT2D eigenvalue weighted by molar-refractivity contribution is 8.16. The second-order valence-corrected chi connectivity index (χ2v) is 8.20. The number of amides is 1. The number of aliphatic imine (C=N–C) groups is 1. The molecule has 7 nitrogen and oxygen atoms in total. The third-order valence-corrected chi connectivity index (χ3v) is 6.19. The normalized spacial score (nSPS) is 17.2. The van der Waals surface area contributed by atoms with E-state index >= 15 is 0 Å². The first-order valence-corrected chi connectivity index (χ1v) is 11.0. The van der Waals surface area contributed by atoms with Crippen LogP contribution in [-0.4, -0.2) is 36.2 Å². The fraction of sp³-hybridized carbons (Fsp3) is 0.208. The van der Waals surface area contributed by atoms with Crippen molar-refractivity contribution < 1.29 is 23.5 Å². The van der Waals surface area contributed by atoms with Crippen molar-refractivity contribution in [2.24, 2.45) is 4.99 Å². The first-order valence-electron chi connectivity index (χ1n) is 10.1. The van der Waals surface area contributed by atoms with Crippen molar-refractivity contribution in [1.29, 1.82) is 0 Å². The summed E-state index contributed by atoms with van der Waals surface area (Å²) in [6.07, 6.45) is -0.0334. The second-order valence-electron chi connectivity index (χ2n) is 7.37. The predicted molar refractivity (Wildman–Crippen MR) is 125 cm³/mol. The van der Waals surface area contributed by atoms with Crippen LogP contribution in [0.3, 0.4) is 0 Å². The molecule has 170 valence electrons. The van der Waals surface area contributed by atoms with Crippen LogP contribution in [0.4, 0.5) is 10.1 Å². The summed E-state index contributed by atoms with van der Waals surface area (Å²) >= 11 is 1.36. The topological polar surface area (TPSA) is 80.2 Å². The van der Waals surface area contributed by atoms with Gasteiger partial charge in [0.2, 0.25) is 5.91 Å². The summed E-state index contributed by atoms with van der Waals surface area (Å²) in [5.41, 5.74) is 2.44. The molecule has 2 aromatic carbocycles. The van der Waals surface area contributed by atoms with Gasteiger partial charge in [0.1, 0.15) is 11.6 Å². The van der Waals surface area contributed by atoms with Gasteiger partial charge in [-0.25, -0.2) is 14.2 Å². The average molecular weight is 468 g/mol. The molecule has 0 saturated carbocycles. The number of allylic oxidation sites excluding steroid dienone is 1. The Balaban J connectivity index is 1.68. The van der Waals surface area contributed by atoms with E-state index in [1.54, 1.807) is 26.2 Å². The lowest BCUT2D eigenvalue weighted by Crippen LogP contribution is -2.37. The maximum Gasteiger partial charge on any atom is 0.338 e. The Morgan fingerprint density at radius 1 is 1.18 bits per heavy atom. The zero-order chi connectivity index (χ0) is 23.5. The number of nitrogens with one attached hydrogen (secondary N) is 1. The highest BCUT2D eigenvalue weighted by Gasteiger charge is 2.41. The van der Waals surface area contributed by atoms with Gasteiger partial charge in [-0.2, -0.15) is 0 Å². The van der Waals surface area contributed by atoms with E-state index in [4.69, 9.17) is 9.47 Å². The number of halogens is 1. The van der Waals surface area contributed by atoms with E-state index in [1.165, 1.54) is 31.0 Å². The molecule has 0 fully saturated rings. The minimum atomic E-state index is -0.567. The fourth-order valence-corrected chi connectivity index (χ4v) is 4.75. The number of hydrogen-bond donors (Lipinski definition) is 1. The summed E-state index contributed by atoms with van der Waals surface area (Å²) in [4.78, 5) is 31.9. The number of esters is 1. The zero-order valence-electron chi connectivity index (χ0n) is 18.3. The fourth-order valence-electron chi connectivity index (χ4n) is 3.79. The molecule has 33 heavy (non-hydrogen) atoms. The van der Waals surface area contributed by atoms with Gasteiger partial charge in [-0.05, 0) is 42.2 Å². The molecule has 2 heterocycles. The van der Waals surface area contributed by atoms with Crippen LogP contribution in [0, 0.1) is 5.82 Å². The van der Waals surface area contributed by atoms with Gasteiger partial charge in [-0.15, -0.1) is 0 Å². The van der Waals surface area contributed by atoms with Crippen LogP contribution >= 0.6 is 11.8 Å². The predicted octanol–water partition coefficient (Wildman–Crippen LogP) is 4.61. The Morgan fingerprint density at radius 2 is 1.97 bits per heavy atom. The molecule has 2 aromatic rings. The van der Waals surface area contributed by atoms with E-state index < -0.39 is 17.8 Å². The van der Waals surface area contributed by atoms with Crippen LogP contribution in [0.15, 0.2) is 75.9 Å². The number of carbonyl (C=O) groups is 2. The maximum absolute atomic E-state index is 14.0. The van der Waals surface area contributed by atoms with Crippen LogP contribution < -0.4 is 10.1 Å². The Morgan fingerprint density at radius 3 is 2.70 bits per heavy atom. The summed E-state index contributed by atoms with van der Waals surface area (Å²) in [5, 5.41) is 5.07. The van der Waals surface area contributed by atoms with Crippen LogP contribution in [0.5, 0.6) is 5.75 Å². The SMILES string of the molecule is COC(=O)C1=C(C)N=C2SC=C(CC(=O)Nc3ccccc3F)N2C1c1cccc(OC)c1. The van der Waals surface area contributed by atoms with Gasteiger partial charge >= 0.3 is 5.97 Å². The van der Waals surface area contributed by atoms with Crippen molar-refractivity contribution in [1.82, 2.24) is 4.90 Å². The zero-order valence-corrected chi connectivity index (χ0v) is 19.1. The van der Waals surface area contributed by atoms with Crippen LogP contribution in [-0.2, 0) is 14.3 Å². The summed E-state index contributed by atoms with van der Waals surface area (Å²) in [5.74, 6) is -0.770. The molecule has 0 spiro atoms. The van der Waals surface area contributed by atoms with Crippen molar-refractivity contribution in [3.63, 3.8) is 0 Å². The number of fused-ring (bicyclic) bond motifs is 1. The maximum atomic E-state index is 14.0. The number of ether oxygens (including phenoxy) is 2. The number of benzene rings is 2. The highest BCUT2D eigenvalue weighted by atomic mass is 32.2. The van der Waals surface area contributed by atoms with Gasteiger partial charge in [0, 0.05) is 5.70 Å². The van der Waals surface area contributed by atoms with Gasteiger partial charge in [0.05, 0.1) is 43.6 Å². The molecule has 2 aliphatic rings. The molecule has 0 radical (unpaired) electrons. The Bertz CT molecular complexity index is 1210. The van der Waals surface area contributed by atoms with Crippen molar-refractivity contribution >= 4 is 34.5 Å². The second kappa shape index (κ2) is 9.50. The summed E-state index contributed by atoms with van der Waals surface area (Å²) < 4.78 is 24.4. The van der Waals surface area contributed by atoms with E-state index in [0.717, 1.165) is 5.56 Å². The number of anilines is 1. The molecule has 9 heteroatoms. The van der Waals surface area contributed by atoms with Crippen LogP contribution in [0.25, 0.3) is 0 Å². The number of carbonyl (C=O) groups excluding carboxylic acids is 2. The van der Waals surface area contributed by atoms with E-state index in [2.05, 4.69) is 10.3 Å². The number of amidine groups is 1. The van der Waals surface area contributed by atoms with Crippen molar-refractivity contribution in [2.75, 3.05) is 19.5 Å². The number of methoxy groups -OCH3 is 2. The standard InChI is InChI=1S/C24H22FN3O4S/c1-14-21(23(30)32-3)22(15-7-6-8-17(11-15)31-2)28-16(13-33-24(28)26-14)12-20(29)27-19-10-5-4-9-18(19)25/h4-11,13,22H,12H2,1-3H3,(H,27,29). The molecular weight excluding hydrogens is 445 g/mol. The van der Waals surface area contributed by atoms with Gasteiger partial charge in [0.15, 0.2) is 5.17 Å². The number of rotatable bonds is 6. The molecule has 4 rings (SSSR count). The third kappa shape index (κ3) is 4.49. The Labute approximate surface area is 195 Å². The van der Waals surface area contributed by atoms with E-state index in [1.807, 2.05) is 34.6 Å². The molecule has 0 aromatic heterocycles. The number of para-hydroxylation sites is 1. The van der Waals surface area contributed by atoms with E-state index in [-0.39, 0.29) is 18.0 Å². The molecule has 0 saturated heterocycles. The van der Waals surface area contributed by atoms with Gasteiger partial charge < -0.3 is 19.7 Å². The molecule has 1 amide bonds. The summed E-state index contributed by atoms with van der Waals surface area (Å²) in [6.45, 7) is 1.76. The van der Waals surface area contributed by atoms with Gasteiger partial charge in [-0.1, -0.05) is 36.0 Å². The molecular formula is C24H22FN3O4S. The number of thioether (sulfide) groups is 1. The first kappa shape index (κ1) is 22.6. The average Bonchev–Trinajstić information content (AvgIpc) is 3.20. The lowest BCUT2D eigenvalue weighted by Gasteiger charge is -2.36. The minimum Gasteiger partial charge on any atom is -0.497 e. The third-order valence-electron chi connectivity index (χ3n) is 5.31. The largest absolute Gasteiger partial charge is 0.497 e. The van der Waals surface area contributed by atoms with E-state index in [0.29, 0.717) is 27.9 Å². The van der Waals surface area contributed by atoms with Gasteiger partial charge in [0.25, 0.3) is 0 Å². The lowest BCUT2D eigenvalue weighted by molar-refractivity contribution is -0.136. The van der Waals surface area contributed by atoms with Crippen LogP contribution in [0.1, 0.15) is 24.9 Å². The quantitative estimate of drug-likeness (QED) is 0.625. The monoisotopic (exact) mass is 467 g/mol. The molecule has 0 bridgehead atoms. The molecule has 1 unspecified atom stereocenters. The highest BCUT2D eigenvalue weighted by Crippen LogP contribution is 2.45. The number of nitrogens with zero attached hydrogens (tertiary/aromatic N) is 2.